The summed E-state index contributed by atoms with van der Waals surface area (Å²) in [6.07, 6.45) is 1.71. The van der Waals surface area contributed by atoms with E-state index >= 15 is 0 Å². The Labute approximate surface area is 106 Å². The monoisotopic (exact) mass is 245 g/mol. The van der Waals surface area contributed by atoms with E-state index in [2.05, 4.69) is 9.97 Å². The first kappa shape index (κ1) is 12.6. The summed E-state index contributed by atoms with van der Waals surface area (Å²) in [5.74, 6) is 0.279. The van der Waals surface area contributed by atoms with Crippen LogP contribution in [-0.4, -0.2) is 9.97 Å². The topological polar surface area (TPSA) is 51.8 Å². The molecule has 0 aliphatic heterocycles. The third-order valence-corrected chi connectivity index (χ3v) is 2.94. The highest BCUT2D eigenvalue weighted by molar-refractivity contribution is 5.56. The molecule has 1 unspecified atom stereocenters. The van der Waals surface area contributed by atoms with Crippen molar-refractivity contribution in [2.75, 3.05) is 0 Å². The first-order valence-corrected chi connectivity index (χ1v) is 5.84. The molecule has 2 aromatic rings. The Morgan fingerprint density at radius 3 is 2.56 bits per heavy atom. The average molecular weight is 245 g/mol. The highest BCUT2D eigenvalue weighted by Gasteiger charge is 2.09. The van der Waals surface area contributed by atoms with Crippen molar-refractivity contribution in [2.45, 2.75) is 26.8 Å². The van der Waals surface area contributed by atoms with Gasteiger partial charge in [0.15, 0.2) is 5.82 Å². The second-order valence-corrected chi connectivity index (χ2v) is 4.49. The Morgan fingerprint density at radius 2 is 2.00 bits per heavy atom. The number of hydrogen-bond acceptors (Lipinski definition) is 3. The Kier molecular flexibility index (Phi) is 3.39. The highest BCUT2D eigenvalue weighted by atomic mass is 19.1. The summed E-state index contributed by atoms with van der Waals surface area (Å²) in [6.45, 7) is 5.50. The van der Waals surface area contributed by atoms with Crippen LogP contribution in [0.1, 0.15) is 29.8 Å². The molecule has 1 atom stereocenters. The average Bonchev–Trinajstić information content (AvgIpc) is 2.32. The molecular weight excluding hydrogens is 229 g/mol. The van der Waals surface area contributed by atoms with E-state index < -0.39 is 0 Å². The fourth-order valence-corrected chi connectivity index (χ4v) is 1.79. The summed E-state index contributed by atoms with van der Waals surface area (Å²) in [5.41, 5.74) is 8.84. The van der Waals surface area contributed by atoms with Gasteiger partial charge in [0, 0.05) is 29.1 Å². The van der Waals surface area contributed by atoms with Crippen molar-refractivity contribution in [1.29, 1.82) is 0 Å². The molecule has 0 spiro atoms. The molecule has 1 aromatic heterocycles. The number of rotatable bonds is 2. The highest BCUT2D eigenvalue weighted by Crippen LogP contribution is 2.20. The number of nitrogens with zero attached hydrogens (tertiary/aromatic N) is 2. The molecule has 0 radical (unpaired) electrons. The SMILES string of the molecule is Cc1ccc(-c2ncc(C(C)N)c(C)n2)cc1F. The quantitative estimate of drug-likeness (QED) is 0.885. The normalized spacial score (nSPS) is 12.5. The van der Waals surface area contributed by atoms with Crippen molar-refractivity contribution in [1.82, 2.24) is 9.97 Å². The second-order valence-electron chi connectivity index (χ2n) is 4.49. The molecule has 0 aliphatic carbocycles. The zero-order valence-corrected chi connectivity index (χ0v) is 10.7. The van der Waals surface area contributed by atoms with Crippen LogP contribution in [0.15, 0.2) is 24.4 Å². The fourth-order valence-electron chi connectivity index (χ4n) is 1.79. The van der Waals surface area contributed by atoms with Crippen molar-refractivity contribution in [3.05, 3.63) is 47.0 Å². The van der Waals surface area contributed by atoms with E-state index in [9.17, 15) is 4.39 Å². The lowest BCUT2D eigenvalue weighted by Gasteiger charge is -2.10. The van der Waals surface area contributed by atoms with Crippen molar-refractivity contribution >= 4 is 0 Å². The first-order chi connectivity index (χ1) is 8.49. The molecule has 18 heavy (non-hydrogen) atoms. The van der Waals surface area contributed by atoms with E-state index in [0.29, 0.717) is 17.0 Å². The molecule has 0 amide bonds. The lowest BCUT2D eigenvalue weighted by molar-refractivity contribution is 0.619. The second kappa shape index (κ2) is 4.82. The molecular formula is C14H16FN3. The van der Waals surface area contributed by atoms with Gasteiger partial charge in [0.2, 0.25) is 0 Å². The summed E-state index contributed by atoms with van der Waals surface area (Å²) in [7, 11) is 0. The van der Waals surface area contributed by atoms with Gasteiger partial charge in [-0.05, 0) is 32.4 Å². The zero-order chi connectivity index (χ0) is 13.3. The van der Waals surface area contributed by atoms with Crippen molar-refractivity contribution in [3.8, 4) is 11.4 Å². The van der Waals surface area contributed by atoms with Crippen LogP contribution in [0.2, 0.25) is 0 Å². The molecule has 0 saturated heterocycles. The van der Waals surface area contributed by atoms with E-state index in [1.54, 1.807) is 19.2 Å². The number of benzene rings is 1. The van der Waals surface area contributed by atoms with E-state index in [1.807, 2.05) is 19.9 Å². The molecule has 1 aromatic carbocycles. The molecule has 1 heterocycles. The maximum Gasteiger partial charge on any atom is 0.159 e. The molecule has 2 rings (SSSR count). The van der Waals surface area contributed by atoms with Crippen LogP contribution >= 0.6 is 0 Å². The van der Waals surface area contributed by atoms with Crippen LogP contribution in [-0.2, 0) is 0 Å². The fraction of sp³-hybridized carbons (Fsp3) is 0.286. The summed E-state index contributed by atoms with van der Waals surface area (Å²) < 4.78 is 13.5. The molecule has 0 saturated carbocycles. The van der Waals surface area contributed by atoms with E-state index in [0.717, 1.165) is 11.3 Å². The maximum atomic E-state index is 13.5. The van der Waals surface area contributed by atoms with Crippen LogP contribution in [0.5, 0.6) is 0 Å². The van der Waals surface area contributed by atoms with Gasteiger partial charge in [-0.25, -0.2) is 14.4 Å². The molecule has 4 heteroatoms. The van der Waals surface area contributed by atoms with Gasteiger partial charge in [-0.2, -0.15) is 0 Å². The third-order valence-electron chi connectivity index (χ3n) is 2.94. The first-order valence-electron chi connectivity index (χ1n) is 5.84. The van der Waals surface area contributed by atoms with E-state index in [-0.39, 0.29) is 11.9 Å². The Morgan fingerprint density at radius 1 is 1.28 bits per heavy atom. The molecule has 0 aliphatic rings. The number of aryl methyl sites for hydroxylation is 2. The van der Waals surface area contributed by atoms with Crippen LogP contribution in [0, 0.1) is 19.7 Å². The predicted molar refractivity (Wildman–Crippen MR) is 69.5 cm³/mol. The van der Waals surface area contributed by atoms with Crippen LogP contribution in [0.25, 0.3) is 11.4 Å². The molecule has 3 nitrogen and oxygen atoms in total. The number of halogens is 1. The van der Waals surface area contributed by atoms with Gasteiger partial charge in [-0.3, -0.25) is 0 Å². The summed E-state index contributed by atoms with van der Waals surface area (Å²) in [5, 5.41) is 0. The van der Waals surface area contributed by atoms with Crippen LogP contribution in [0.4, 0.5) is 4.39 Å². The Hall–Kier alpha value is -1.81. The van der Waals surface area contributed by atoms with Gasteiger partial charge in [-0.1, -0.05) is 12.1 Å². The summed E-state index contributed by atoms with van der Waals surface area (Å²) >= 11 is 0. The van der Waals surface area contributed by atoms with Crippen LogP contribution in [0.3, 0.4) is 0 Å². The zero-order valence-electron chi connectivity index (χ0n) is 10.7. The standard InChI is InChI=1S/C14H16FN3/c1-8-4-5-11(6-13(8)15)14-17-7-12(9(2)16)10(3)18-14/h4-7,9H,16H2,1-3H3. The summed E-state index contributed by atoms with van der Waals surface area (Å²) in [4.78, 5) is 8.62. The van der Waals surface area contributed by atoms with Gasteiger partial charge in [-0.15, -0.1) is 0 Å². The van der Waals surface area contributed by atoms with Gasteiger partial charge in [0.1, 0.15) is 5.82 Å². The molecule has 0 bridgehead atoms. The summed E-state index contributed by atoms with van der Waals surface area (Å²) in [6, 6.07) is 4.89. The minimum atomic E-state index is -0.245. The van der Waals surface area contributed by atoms with Crippen molar-refractivity contribution in [2.24, 2.45) is 5.73 Å². The lowest BCUT2D eigenvalue weighted by atomic mass is 10.1. The molecule has 2 N–H and O–H groups in total. The van der Waals surface area contributed by atoms with E-state index in [4.69, 9.17) is 5.73 Å². The van der Waals surface area contributed by atoms with Gasteiger partial charge < -0.3 is 5.73 Å². The Bertz CT molecular complexity index is 579. The van der Waals surface area contributed by atoms with Crippen molar-refractivity contribution in [3.63, 3.8) is 0 Å². The van der Waals surface area contributed by atoms with Gasteiger partial charge in [0.05, 0.1) is 0 Å². The van der Waals surface area contributed by atoms with Crippen LogP contribution < -0.4 is 5.73 Å². The minimum absolute atomic E-state index is 0.103. The largest absolute Gasteiger partial charge is 0.324 e. The molecule has 94 valence electrons. The van der Waals surface area contributed by atoms with Gasteiger partial charge >= 0.3 is 0 Å². The minimum Gasteiger partial charge on any atom is -0.324 e. The Balaban J connectivity index is 2.45. The smallest absolute Gasteiger partial charge is 0.159 e. The molecule has 0 fully saturated rings. The number of nitrogens with two attached hydrogens (primary N) is 1. The number of hydrogen-bond donors (Lipinski definition) is 1. The predicted octanol–water partition coefficient (Wildman–Crippen LogP) is 2.92. The third kappa shape index (κ3) is 2.38. The number of aromatic nitrogens is 2. The van der Waals surface area contributed by atoms with E-state index in [1.165, 1.54) is 6.07 Å². The lowest BCUT2D eigenvalue weighted by Crippen LogP contribution is -2.09. The maximum absolute atomic E-state index is 13.5. The van der Waals surface area contributed by atoms with Gasteiger partial charge in [0.25, 0.3) is 0 Å². The van der Waals surface area contributed by atoms with Crippen molar-refractivity contribution < 1.29 is 4.39 Å².